The Hall–Kier alpha value is -2.43. The van der Waals surface area contributed by atoms with Gasteiger partial charge in [-0.3, -0.25) is 10.4 Å². The second-order valence-electron chi connectivity index (χ2n) is 4.41. The second-order valence-corrected chi connectivity index (χ2v) is 4.41. The molecular formula is C14H17N5. The van der Waals surface area contributed by atoms with Crippen LogP contribution in [-0.4, -0.2) is 22.9 Å². The SMILES string of the molecule is Cc1cnc(C)c(N(C)c2ccccc2C(=N)N)n1. The number of hydrogen-bond acceptors (Lipinski definition) is 4. The van der Waals surface area contributed by atoms with Gasteiger partial charge in [-0.25, -0.2) is 4.98 Å². The van der Waals surface area contributed by atoms with E-state index in [1.165, 1.54) is 0 Å². The van der Waals surface area contributed by atoms with Gasteiger partial charge in [-0.1, -0.05) is 12.1 Å². The first-order valence-electron chi connectivity index (χ1n) is 5.98. The molecule has 0 aliphatic rings. The van der Waals surface area contributed by atoms with Gasteiger partial charge in [-0.05, 0) is 26.0 Å². The van der Waals surface area contributed by atoms with E-state index in [1.54, 1.807) is 6.20 Å². The van der Waals surface area contributed by atoms with Gasteiger partial charge in [0.1, 0.15) is 5.84 Å². The van der Waals surface area contributed by atoms with E-state index in [4.69, 9.17) is 11.1 Å². The fourth-order valence-corrected chi connectivity index (χ4v) is 1.95. The van der Waals surface area contributed by atoms with Crippen LogP contribution < -0.4 is 10.6 Å². The smallest absolute Gasteiger partial charge is 0.154 e. The Morgan fingerprint density at radius 2 is 1.95 bits per heavy atom. The van der Waals surface area contributed by atoms with Crippen LogP contribution in [0, 0.1) is 19.3 Å². The van der Waals surface area contributed by atoms with Crippen molar-refractivity contribution in [2.45, 2.75) is 13.8 Å². The lowest BCUT2D eigenvalue weighted by Crippen LogP contribution is -2.20. The highest BCUT2D eigenvalue weighted by Crippen LogP contribution is 2.26. The highest BCUT2D eigenvalue weighted by molar-refractivity contribution is 6.01. The summed E-state index contributed by atoms with van der Waals surface area (Å²) in [5.74, 6) is 0.814. The molecule has 1 aromatic heterocycles. The minimum absolute atomic E-state index is 0.0423. The van der Waals surface area contributed by atoms with Crippen molar-refractivity contribution in [3.05, 3.63) is 47.4 Å². The van der Waals surface area contributed by atoms with Gasteiger partial charge in [-0.2, -0.15) is 0 Å². The van der Waals surface area contributed by atoms with E-state index >= 15 is 0 Å². The number of nitrogens with zero attached hydrogens (tertiary/aromatic N) is 3. The number of nitrogens with two attached hydrogens (primary N) is 1. The topological polar surface area (TPSA) is 78.9 Å². The summed E-state index contributed by atoms with van der Waals surface area (Å²) in [6.07, 6.45) is 1.74. The highest BCUT2D eigenvalue weighted by atomic mass is 15.2. The zero-order valence-electron chi connectivity index (χ0n) is 11.3. The first-order valence-corrected chi connectivity index (χ1v) is 5.98. The molecule has 0 aliphatic heterocycles. The molecule has 98 valence electrons. The van der Waals surface area contributed by atoms with Crippen LogP contribution in [0.1, 0.15) is 17.0 Å². The minimum Gasteiger partial charge on any atom is -0.384 e. The lowest BCUT2D eigenvalue weighted by molar-refractivity contribution is 1.01. The third-order valence-electron chi connectivity index (χ3n) is 2.92. The summed E-state index contributed by atoms with van der Waals surface area (Å²) in [6.45, 7) is 3.81. The number of benzene rings is 1. The average Bonchev–Trinajstić information content (AvgIpc) is 2.40. The standard InChI is InChI=1S/C14H17N5/c1-9-8-17-10(2)14(18-9)19(3)12-7-5-4-6-11(12)13(15)16/h4-8H,1-3H3,(H3,15,16). The Balaban J connectivity index is 2.53. The largest absolute Gasteiger partial charge is 0.384 e. The van der Waals surface area contributed by atoms with E-state index in [0.717, 1.165) is 22.9 Å². The summed E-state index contributed by atoms with van der Waals surface area (Å²) in [6, 6.07) is 7.52. The molecule has 0 bridgehead atoms. The maximum absolute atomic E-state index is 7.64. The van der Waals surface area contributed by atoms with E-state index in [0.29, 0.717) is 5.56 Å². The monoisotopic (exact) mass is 255 g/mol. The molecule has 0 radical (unpaired) electrons. The fraction of sp³-hybridized carbons (Fsp3) is 0.214. The normalized spacial score (nSPS) is 10.3. The molecule has 5 nitrogen and oxygen atoms in total. The molecule has 0 saturated heterocycles. The Morgan fingerprint density at radius 1 is 1.26 bits per heavy atom. The van der Waals surface area contributed by atoms with Crippen molar-refractivity contribution in [3.63, 3.8) is 0 Å². The lowest BCUT2D eigenvalue weighted by Gasteiger charge is -2.22. The zero-order chi connectivity index (χ0) is 14.0. The van der Waals surface area contributed by atoms with Gasteiger partial charge >= 0.3 is 0 Å². The van der Waals surface area contributed by atoms with Crippen molar-refractivity contribution in [1.82, 2.24) is 9.97 Å². The fourth-order valence-electron chi connectivity index (χ4n) is 1.95. The quantitative estimate of drug-likeness (QED) is 0.650. The van der Waals surface area contributed by atoms with Crippen molar-refractivity contribution in [2.24, 2.45) is 5.73 Å². The van der Waals surface area contributed by atoms with Gasteiger partial charge in [-0.15, -0.1) is 0 Å². The van der Waals surface area contributed by atoms with E-state index in [2.05, 4.69) is 9.97 Å². The maximum Gasteiger partial charge on any atom is 0.154 e. The molecule has 0 spiro atoms. The molecule has 19 heavy (non-hydrogen) atoms. The predicted molar refractivity (Wildman–Crippen MR) is 77.0 cm³/mol. The van der Waals surface area contributed by atoms with Crippen LogP contribution in [0.2, 0.25) is 0 Å². The van der Waals surface area contributed by atoms with Crippen LogP contribution >= 0.6 is 0 Å². The van der Waals surface area contributed by atoms with Crippen molar-refractivity contribution in [1.29, 1.82) is 5.41 Å². The third-order valence-corrected chi connectivity index (χ3v) is 2.92. The number of nitrogens with one attached hydrogen (secondary N) is 1. The van der Waals surface area contributed by atoms with Crippen molar-refractivity contribution in [3.8, 4) is 0 Å². The first kappa shape index (κ1) is 13.0. The van der Waals surface area contributed by atoms with Crippen molar-refractivity contribution in [2.75, 3.05) is 11.9 Å². The van der Waals surface area contributed by atoms with E-state index in [1.807, 2.05) is 50.1 Å². The molecule has 1 aromatic carbocycles. The number of para-hydroxylation sites is 1. The van der Waals surface area contributed by atoms with Gasteiger partial charge in [0, 0.05) is 18.8 Å². The summed E-state index contributed by atoms with van der Waals surface area (Å²) in [7, 11) is 1.90. The van der Waals surface area contributed by atoms with Crippen LogP contribution in [0.25, 0.3) is 0 Å². The number of aromatic nitrogens is 2. The molecule has 0 fully saturated rings. The summed E-state index contributed by atoms with van der Waals surface area (Å²) in [5.41, 5.74) is 8.85. The molecule has 0 unspecified atom stereocenters. The van der Waals surface area contributed by atoms with E-state index in [9.17, 15) is 0 Å². The summed E-state index contributed by atoms with van der Waals surface area (Å²) in [5, 5.41) is 7.64. The number of rotatable bonds is 3. The van der Waals surface area contributed by atoms with Crippen LogP contribution in [0.5, 0.6) is 0 Å². The van der Waals surface area contributed by atoms with Crippen LogP contribution in [0.15, 0.2) is 30.5 Å². The molecule has 5 heteroatoms. The average molecular weight is 255 g/mol. The Kier molecular flexibility index (Phi) is 3.46. The Morgan fingerprint density at radius 3 is 2.63 bits per heavy atom. The number of amidine groups is 1. The van der Waals surface area contributed by atoms with Crippen LogP contribution in [0.4, 0.5) is 11.5 Å². The summed E-state index contributed by atoms with van der Waals surface area (Å²) in [4.78, 5) is 10.7. The molecule has 2 rings (SSSR count). The third kappa shape index (κ3) is 2.54. The molecule has 0 atom stereocenters. The summed E-state index contributed by atoms with van der Waals surface area (Å²) >= 11 is 0. The molecule has 0 aliphatic carbocycles. The number of nitrogen functional groups attached to an aromatic ring is 1. The van der Waals surface area contributed by atoms with E-state index < -0.39 is 0 Å². The minimum atomic E-state index is 0.0423. The molecule has 1 heterocycles. The van der Waals surface area contributed by atoms with Gasteiger partial charge < -0.3 is 10.6 Å². The molecule has 0 amide bonds. The first-order chi connectivity index (χ1) is 9.00. The van der Waals surface area contributed by atoms with Gasteiger partial charge in [0.05, 0.1) is 17.1 Å². The Labute approximate surface area is 112 Å². The zero-order valence-corrected chi connectivity index (χ0v) is 11.3. The maximum atomic E-state index is 7.64. The predicted octanol–water partition coefficient (Wildman–Crippen LogP) is 2.15. The molecule has 3 N–H and O–H groups in total. The van der Waals surface area contributed by atoms with Crippen LogP contribution in [-0.2, 0) is 0 Å². The van der Waals surface area contributed by atoms with Gasteiger partial charge in [0.15, 0.2) is 5.82 Å². The van der Waals surface area contributed by atoms with Gasteiger partial charge in [0.25, 0.3) is 0 Å². The second kappa shape index (κ2) is 5.06. The van der Waals surface area contributed by atoms with Crippen molar-refractivity contribution < 1.29 is 0 Å². The Bertz CT molecular complexity index is 621. The summed E-state index contributed by atoms with van der Waals surface area (Å²) < 4.78 is 0. The molecule has 0 saturated carbocycles. The number of hydrogen-bond donors (Lipinski definition) is 2. The number of anilines is 2. The number of aryl methyl sites for hydroxylation is 2. The van der Waals surface area contributed by atoms with Crippen LogP contribution in [0.3, 0.4) is 0 Å². The highest BCUT2D eigenvalue weighted by Gasteiger charge is 2.14. The van der Waals surface area contributed by atoms with Gasteiger partial charge in [0.2, 0.25) is 0 Å². The lowest BCUT2D eigenvalue weighted by atomic mass is 10.1. The molecular weight excluding hydrogens is 238 g/mol. The van der Waals surface area contributed by atoms with E-state index in [-0.39, 0.29) is 5.84 Å². The molecule has 2 aromatic rings. The van der Waals surface area contributed by atoms with Crippen molar-refractivity contribution >= 4 is 17.3 Å².